The first kappa shape index (κ1) is 15.9. The molecular weight excluding hydrogens is 388 g/mol. The second-order valence-electron chi connectivity index (χ2n) is 5.00. The lowest BCUT2D eigenvalue weighted by atomic mass is 10.0. The Balaban J connectivity index is 2.25. The smallest absolute Gasteiger partial charge is 0.253 e. The predicted molar refractivity (Wildman–Crippen MR) is 83.2 cm³/mol. The van der Waals surface area contributed by atoms with Crippen molar-refractivity contribution in [2.24, 2.45) is 5.92 Å². The van der Waals surface area contributed by atoms with E-state index in [4.69, 9.17) is 4.52 Å². The number of halogens is 2. The van der Waals surface area contributed by atoms with E-state index in [0.717, 1.165) is 0 Å². The summed E-state index contributed by atoms with van der Waals surface area (Å²) in [6.07, 6.45) is 0. The van der Waals surface area contributed by atoms with Gasteiger partial charge in [0.05, 0.1) is 5.56 Å². The van der Waals surface area contributed by atoms with E-state index in [1.807, 2.05) is 36.4 Å². The lowest BCUT2D eigenvalue weighted by molar-refractivity contribution is 0.0912. The number of hydrogen-bond donors (Lipinski definition) is 1. The Morgan fingerprint density at radius 3 is 2.71 bits per heavy atom. The van der Waals surface area contributed by atoms with Crippen molar-refractivity contribution in [2.45, 2.75) is 26.8 Å². The second kappa shape index (κ2) is 6.50. The van der Waals surface area contributed by atoms with Gasteiger partial charge in [-0.25, -0.2) is 4.39 Å². The van der Waals surface area contributed by atoms with Gasteiger partial charge >= 0.3 is 0 Å². The van der Waals surface area contributed by atoms with Gasteiger partial charge in [0, 0.05) is 3.57 Å². The van der Waals surface area contributed by atoms with Crippen LogP contribution < -0.4 is 5.32 Å². The van der Waals surface area contributed by atoms with E-state index in [0.29, 0.717) is 15.3 Å². The summed E-state index contributed by atoms with van der Waals surface area (Å²) in [6.45, 7) is 5.57. The number of carbonyl (C=O) groups is 1. The number of aryl methyl sites for hydroxylation is 1. The molecule has 0 saturated heterocycles. The second-order valence-corrected chi connectivity index (χ2v) is 6.16. The summed E-state index contributed by atoms with van der Waals surface area (Å²) < 4.78 is 19.1. The number of carbonyl (C=O) groups excluding carboxylic acids is 1. The van der Waals surface area contributed by atoms with E-state index in [-0.39, 0.29) is 17.4 Å². The molecule has 1 aromatic carbocycles. The van der Waals surface area contributed by atoms with Crippen LogP contribution in [0.4, 0.5) is 4.39 Å². The van der Waals surface area contributed by atoms with Crippen molar-refractivity contribution in [1.29, 1.82) is 0 Å². The monoisotopic (exact) mass is 403 g/mol. The van der Waals surface area contributed by atoms with Crippen LogP contribution in [0.5, 0.6) is 0 Å². The summed E-state index contributed by atoms with van der Waals surface area (Å²) in [5.41, 5.74) is 0.289. The predicted octanol–water partition coefficient (Wildman–Crippen LogP) is 3.25. The number of nitrogens with one attached hydrogen (secondary N) is 1. The van der Waals surface area contributed by atoms with Crippen molar-refractivity contribution in [3.8, 4) is 0 Å². The van der Waals surface area contributed by atoms with E-state index in [9.17, 15) is 9.18 Å². The minimum atomic E-state index is -0.449. The number of amides is 1. The maximum absolute atomic E-state index is 13.3. The number of hydrogen-bond acceptors (Lipinski definition) is 4. The molecule has 1 amide bonds. The van der Waals surface area contributed by atoms with Crippen molar-refractivity contribution in [2.75, 3.05) is 0 Å². The lowest BCUT2D eigenvalue weighted by Gasteiger charge is -2.19. The molecule has 0 aliphatic carbocycles. The van der Waals surface area contributed by atoms with Crippen LogP contribution in [0.15, 0.2) is 22.7 Å². The molecule has 1 unspecified atom stereocenters. The molecule has 2 rings (SSSR count). The number of nitrogens with zero attached hydrogens (tertiary/aromatic N) is 2. The van der Waals surface area contributed by atoms with Crippen molar-refractivity contribution < 1.29 is 13.7 Å². The fourth-order valence-corrected chi connectivity index (χ4v) is 2.42. The van der Waals surface area contributed by atoms with Crippen molar-refractivity contribution in [1.82, 2.24) is 15.5 Å². The van der Waals surface area contributed by atoms with E-state index >= 15 is 0 Å². The molecule has 2 aromatic rings. The molecule has 7 heteroatoms. The minimum absolute atomic E-state index is 0.0556. The van der Waals surface area contributed by atoms with Gasteiger partial charge < -0.3 is 9.84 Å². The molecule has 5 nitrogen and oxygen atoms in total. The van der Waals surface area contributed by atoms with Crippen LogP contribution in [0.25, 0.3) is 0 Å². The van der Waals surface area contributed by atoms with Gasteiger partial charge in [0.2, 0.25) is 5.89 Å². The van der Waals surface area contributed by atoms with Gasteiger partial charge in [0.25, 0.3) is 5.91 Å². The molecule has 0 spiro atoms. The number of rotatable bonds is 4. The third kappa shape index (κ3) is 3.78. The molecule has 0 radical (unpaired) electrons. The van der Waals surface area contributed by atoms with Crippen LogP contribution in [0.1, 0.15) is 42.0 Å². The first-order valence-electron chi connectivity index (χ1n) is 6.44. The highest BCUT2D eigenvalue weighted by Gasteiger charge is 2.25. The maximum atomic E-state index is 13.3. The fourth-order valence-electron chi connectivity index (χ4n) is 1.84. The summed E-state index contributed by atoms with van der Waals surface area (Å²) in [4.78, 5) is 16.5. The van der Waals surface area contributed by atoms with Gasteiger partial charge in [0.1, 0.15) is 11.9 Å². The summed E-state index contributed by atoms with van der Waals surface area (Å²) in [7, 11) is 0. The normalized spacial score (nSPS) is 12.5. The average Bonchev–Trinajstić information content (AvgIpc) is 2.84. The largest absolute Gasteiger partial charge is 0.340 e. The Hall–Kier alpha value is -1.51. The first-order chi connectivity index (χ1) is 9.88. The molecule has 1 aromatic heterocycles. The fraction of sp³-hybridized carbons (Fsp3) is 0.357. The summed E-state index contributed by atoms with van der Waals surface area (Å²) in [5, 5.41) is 6.56. The van der Waals surface area contributed by atoms with Crippen LogP contribution in [0, 0.1) is 22.2 Å². The Bertz CT molecular complexity index is 657. The van der Waals surface area contributed by atoms with Gasteiger partial charge in [-0.3, -0.25) is 4.79 Å². The van der Waals surface area contributed by atoms with Crippen LogP contribution >= 0.6 is 22.6 Å². The third-order valence-corrected chi connectivity index (χ3v) is 3.88. The average molecular weight is 403 g/mol. The zero-order valence-electron chi connectivity index (χ0n) is 11.9. The Kier molecular flexibility index (Phi) is 4.92. The Labute approximate surface area is 135 Å². The molecule has 112 valence electrons. The highest BCUT2D eigenvalue weighted by Crippen LogP contribution is 2.22. The van der Waals surface area contributed by atoms with Gasteiger partial charge in [0.15, 0.2) is 5.82 Å². The highest BCUT2D eigenvalue weighted by molar-refractivity contribution is 14.1. The molecule has 0 aliphatic rings. The molecule has 1 heterocycles. The lowest BCUT2D eigenvalue weighted by Crippen LogP contribution is -2.32. The molecule has 1 N–H and O–H groups in total. The van der Waals surface area contributed by atoms with E-state index < -0.39 is 11.9 Å². The minimum Gasteiger partial charge on any atom is -0.340 e. The Morgan fingerprint density at radius 1 is 1.43 bits per heavy atom. The van der Waals surface area contributed by atoms with Crippen molar-refractivity contribution in [3.05, 3.63) is 44.9 Å². The number of aromatic nitrogens is 2. The first-order valence-corrected chi connectivity index (χ1v) is 7.52. The molecular formula is C14H15FIN3O2. The molecule has 0 bridgehead atoms. The molecule has 0 fully saturated rings. The Morgan fingerprint density at radius 2 is 2.14 bits per heavy atom. The topological polar surface area (TPSA) is 68.0 Å². The van der Waals surface area contributed by atoms with E-state index in [2.05, 4.69) is 15.5 Å². The summed E-state index contributed by atoms with van der Waals surface area (Å²) in [5.74, 6) is 0.0938. The highest BCUT2D eigenvalue weighted by atomic mass is 127. The molecule has 0 saturated carbocycles. The van der Waals surface area contributed by atoms with Gasteiger partial charge in [-0.1, -0.05) is 19.0 Å². The zero-order valence-corrected chi connectivity index (χ0v) is 14.0. The third-order valence-electron chi connectivity index (χ3n) is 2.94. The van der Waals surface area contributed by atoms with Crippen LogP contribution in [0.2, 0.25) is 0 Å². The summed E-state index contributed by atoms with van der Waals surface area (Å²) in [6, 6.07) is 3.68. The van der Waals surface area contributed by atoms with Gasteiger partial charge in [-0.2, -0.15) is 4.98 Å². The van der Waals surface area contributed by atoms with E-state index in [1.54, 1.807) is 13.0 Å². The van der Waals surface area contributed by atoms with Gasteiger partial charge in [-0.05, 0) is 53.6 Å². The summed E-state index contributed by atoms with van der Waals surface area (Å²) >= 11 is 2.00. The van der Waals surface area contributed by atoms with Crippen LogP contribution in [-0.2, 0) is 0 Å². The SMILES string of the molecule is Cc1noc(C(NC(=O)c2cc(F)ccc2I)C(C)C)n1. The van der Waals surface area contributed by atoms with Crippen LogP contribution in [0.3, 0.4) is 0 Å². The molecule has 1 atom stereocenters. The van der Waals surface area contributed by atoms with Crippen molar-refractivity contribution in [3.63, 3.8) is 0 Å². The van der Waals surface area contributed by atoms with Crippen molar-refractivity contribution >= 4 is 28.5 Å². The number of benzene rings is 1. The quantitative estimate of drug-likeness (QED) is 0.797. The standard InChI is InChI=1S/C14H15FIN3O2/c1-7(2)12(14-17-8(3)19-21-14)18-13(20)10-6-9(15)4-5-11(10)16/h4-7,12H,1-3H3,(H,18,20). The van der Waals surface area contributed by atoms with E-state index in [1.165, 1.54) is 12.1 Å². The molecule has 21 heavy (non-hydrogen) atoms. The maximum Gasteiger partial charge on any atom is 0.253 e. The molecule has 0 aliphatic heterocycles. The van der Waals surface area contributed by atoms with Crippen LogP contribution in [-0.4, -0.2) is 16.0 Å². The van der Waals surface area contributed by atoms with Gasteiger partial charge in [-0.15, -0.1) is 0 Å². The zero-order chi connectivity index (χ0) is 15.6.